The summed E-state index contributed by atoms with van der Waals surface area (Å²) in [6.07, 6.45) is -2.92. The molecule has 70 valence electrons. The zero-order valence-electron chi connectivity index (χ0n) is 6.66. The predicted molar refractivity (Wildman–Crippen MR) is 36.4 cm³/mol. The maximum atomic E-state index is 11.6. The van der Waals surface area contributed by atoms with E-state index in [-0.39, 0.29) is 0 Å². The Kier molecular flexibility index (Phi) is 2.06. The van der Waals surface area contributed by atoms with Crippen LogP contribution in [-0.2, 0) is 4.79 Å². The molecule has 0 radical (unpaired) electrons. The Morgan fingerprint density at radius 3 is 2.33 bits per heavy atom. The van der Waals surface area contributed by atoms with E-state index in [0.29, 0.717) is 12.8 Å². The van der Waals surface area contributed by atoms with Crippen LogP contribution in [0.15, 0.2) is 0 Å². The van der Waals surface area contributed by atoms with Crippen LogP contribution < -0.4 is 5.32 Å². The van der Waals surface area contributed by atoms with E-state index in [1.807, 2.05) is 5.32 Å². The van der Waals surface area contributed by atoms with Crippen LogP contribution in [0.4, 0.5) is 13.2 Å². The molecule has 5 heteroatoms. The SMILES string of the molecule is CC1(C(=O)NCC(F)(F)F)CC1. The Labute approximate surface area is 68.1 Å². The van der Waals surface area contributed by atoms with Gasteiger partial charge < -0.3 is 5.32 Å². The molecule has 0 aliphatic heterocycles. The van der Waals surface area contributed by atoms with E-state index < -0.39 is 24.0 Å². The van der Waals surface area contributed by atoms with Gasteiger partial charge in [0.15, 0.2) is 0 Å². The van der Waals surface area contributed by atoms with Gasteiger partial charge in [0, 0.05) is 5.41 Å². The van der Waals surface area contributed by atoms with E-state index in [9.17, 15) is 18.0 Å². The summed E-state index contributed by atoms with van der Waals surface area (Å²) in [4.78, 5) is 11.0. The molecule has 0 aromatic heterocycles. The molecule has 0 aromatic carbocycles. The number of nitrogens with one attached hydrogen (secondary N) is 1. The molecule has 0 aromatic rings. The molecule has 0 atom stereocenters. The highest BCUT2D eigenvalue weighted by Crippen LogP contribution is 2.45. The van der Waals surface area contributed by atoms with Gasteiger partial charge >= 0.3 is 6.18 Å². The van der Waals surface area contributed by atoms with Crippen molar-refractivity contribution in [3.8, 4) is 0 Å². The van der Waals surface area contributed by atoms with Gasteiger partial charge in [-0.1, -0.05) is 6.92 Å². The van der Waals surface area contributed by atoms with Crippen LogP contribution in [0.25, 0.3) is 0 Å². The summed E-state index contributed by atoms with van der Waals surface area (Å²) >= 11 is 0. The van der Waals surface area contributed by atoms with Crippen LogP contribution >= 0.6 is 0 Å². The third-order valence-electron chi connectivity index (χ3n) is 2.00. The second-order valence-corrected chi connectivity index (χ2v) is 3.36. The van der Waals surface area contributed by atoms with Crippen LogP contribution in [0.1, 0.15) is 19.8 Å². The first-order valence-corrected chi connectivity index (χ1v) is 3.69. The topological polar surface area (TPSA) is 29.1 Å². The number of carbonyl (C=O) groups excluding carboxylic acids is 1. The minimum absolute atomic E-state index is 0.486. The molecular formula is C7H10F3NO. The molecule has 1 amide bonds. The Balaban J connectivity index is 2.29. The summed E-state index contributed by atoms with van der Waals surface area (Å²) in [5.74, 6) is -0.486. The molecule has 1 aliphatic rings. The number of hydrogen-bond donors (Lipinski definition) is 1. The van der Waals surface area contributed by atoms with Crippen LogP contribution in [0.3, 0.4) is 0 Å². The van der Waals surface area contributed by atoms with E-state index in [1.165, 1.54) is 0 Å². The summed E-state index contributed by atoms with van der Waals surface area (Å²) in [7, 11) is 0. The van der Waals surface area contributed by atoms with Crippen LogP contribution in [-0.4, -0.2) is 18.6 Å². The average molecular weight is 181 g/mol. The highest BCUT2D eigenvalue weighted by atomic mass is 19.4. The largest absolute Gasteiger partial charge is 0.405 e. The molecular weight excluding hydrogens is 171 g/mol. The fourth-order valence-electron chi connectivity index (χ4n) is 0.808. The molecule has 1 saturated carbocycles. The van der Waals surface area contributed by atoms with E-state index in [4.69, 9.17) is 0 Å². The summed E-state index contributed by atoms with van der Waals surface area (Å²) in [5, 5.41) is 1.86. The molecule has 0 saturated heterocycles. The van der Waals surface area contributed by atoms with Crippen molar-refractivity contribution in [3.63, 3.8) is 0 Å². The standard InChI is InChI=1S/C7H10F3NO/c1-6(2-3-6)5(12)11-4-7(8,9)10/h2-4H2,1H3,(H,11,12). The summed E-state index contributed by atoms with van der Waals surface area (Å²) in [6.45, 7) is 0.445. The number of alkyl halides is 3. The van der Waals surface area contributed by atoms with Crippen molar-refractivity contribution in [2.24, 2.45) is 5.41 Å². The lowest BCUT2D eigenvalue weighted by Crippen LogP contribution is -2.37. The van der Waals surface area contributed by atoms with Gasteiger partial charge in [0.1, 0.15) is 6.54 Å². The molecule has 0 bridgehead atoms. The van der Waals surface area contributed by atoms with Crippen molar-refractivity contribution in [1.29, 1.82) is 0 Å². The third kappa shape index (κ3) is 2.39. The lowest BCUT2D eigenvalue weighted by molar-refractivity contribution is -0.141. The van der Waals surface area contributed by atoms with Gasteiger partial charge in [0.2, 0.25) is 5.91 Å². The third-order valence-corrected chi connectivity index (χ3v) is 2.00. The van der Waals surface area contributed by atoms with Crippen molar-refractivity contribution >= 4 is 5.91 Å². The summed E-state index contributed by atoms with van der Waals surface area (Å²) in [6, 6.07) is 0. The molecule has 1 fully saturated rings. The Bertz CT molecular complexity index is 195. The Hall–Kier alpha value is -0.740. The number of hydrogen-bond acceptors (Lipinski definition) is 1. The molecule has 0 heterocycles. The number of amides is 1. The second-order valence-electron chi connectivity index (χ2n) is 3.36. The van der Waals surface area contributed by atoms with Gasteiger partial charge in [-0.25, -0.2) is 0 Å². The van der Waals surface area contributed by atoms with Crippen molar-refractivity contribution < 1.29 is 18.0 Å². The number of carbonyl (C=O) groups is 1. The Morgan fingerprint density at radius 1 is 1.50 bits per heavy atom. The van der Waals surface area contributed by atoms with E-state index in [2.05, 4.69) is 0 Å². The van der Waals surface area contributed by atoms with Gasteiger partial charge in [-0.15, -0.1) is 0 Å². The van der Waals surface area contributed by atoms with Gasteiger partial charge in [-0.3, -0.25) is 4.79 Å². The van der Waals surface area contributed by atoms with E-state index in [0.717, 1.165) is 0 Å². The first-order chi connectivity index (χ1) is 5.33. The van der Waals surface area contributed by atoms with E-state index in [1.54, 1.807) is 6.92 Å². The van der Waals surface area contributed by atoms with Crippen molar-refractivity contribution in [2.75, 3.05) is 6.54 Å². The monoisotopic (exact) mass is 181 g/mol. The summed E-state index contributed by atoms with van der Waals surface area (Å²) in [5.41, 5.74) is -0.523. The molecule has 2 nitrogen and oxygen atoms in total. The first kappa shape index (κ1) is 9.35. The molecule has 0 spiro atoms. The smallest absolute Gasteiger partial charge is 0.347 e. The van der Waals surface area contributed by atoms with Crippen molar-refractivity contribution in [1.82, 2.24) is 5.32 Å². The fraction of sp³-hybridized carbons (Fsp3) is 0.857. The fourth-order valence-corrected chi connectivity index (χ4v) is 0.808. The highest BCUT2D eigenvalue weighted by molar-refractivity contribution is 5.84. The molecule has 1 N–H and O–H groups in total. The molecule has 1 rings (SSSR count). The quantitative estimate of drug-likeness (QED) is 0.686. The maximum Gasteiger partial charge on any atom is 0.405 e. The van der Waals surface area contributed by atoms with Crippen molar-refractivity contribution in [3.05, 3.63) is 0 Å². The van der Waals surface area contributed by atoms with Gasteiger partial charge in [0.05, 0.1) is 0 Å². The molecule has 0 unspecified atom stereocenters. The van der Waals surface area contributed by atoms with Gasteiger partial charge in [-0.2, -0.15) is 13.2 Å². The minimum atomic E-state index is -4.30. The van der Waals surface area contributed by atoms with E-state index >= 15 is 0 Å². The number of rotatable bonds is 2. The summed E-state index contributed by atoms with van der Waals surface area (Å²) < 4.78 is 34.8. The van der Waals surface area contributed by atoms with Gasteiger partial charge in [-0.05, 0) is 12.8 Å². The molecule has 12 heavy (non-hydrogen) atoms. The Morgan fingerprint density at radius 2 is 2.00 bits per heavy atom. The van der Waals surface area contributed by atoms with Gasteiger partial charge in [0.25, 0.3) is 0 Å². The zero-order chi connectivity index (χ0) is 9.41. The molecule has 1 aliphatic carbocycles. The zero-order valence-corrected chi connectivity index (χ0v) is 6.66. The highest BCUT2D eigenvalue weighted by Gasteiger charge is 2.45. The number of halogens is 3. The lowest BCUT2D eigenvalue weighted by atomic mass is 10.1. The lowest BCUT2D eigenvalue weighted by Gasteiger charge is -2.11. The maximum absolute atomic E-state index is 11.6. The second kappa shape index (κ2) is 2.64. The normalized spacial score (nSPS) is 20.3. The minimum Gasteiger partial charge on any atom is -0.347 e. The van der Waals surface area contributed by atoms with Crippen LogP contribution in [0.2, 0.25) is 0 Å². The van der Waals surface area contributed by atoms with Crippen LogP contribution in [0, 0.1) is 5.41 Å². The first-order valence-electron chi connectivity index (χ1n) is 3.69. The van der Waals surface area contributed by atoms with Crippen LogP contribution in [0.5, 0.6) is 0 Å². The van der Waals surface area contributed by atoms with Crippen molar-refractivity contribution in [2.45, 2.75) is 25.9 Å². The predicted octanol–water partition coefficient (Wildman–Crippen LogP) is 1.47. The average Bonchev–Trinajstić information content (AvgIpc) is 2.62.